The predicted octanol–water partition coefficient (Wildman–Crippen LogP) is 1.54. The number of hydrogen-bond acceptors (Lipinski definition) is 4. The van der Waals surface area contributed by atoms with Gasteiger partial charge in [0.25, 0.3) is 0 Å². The van der Waals surface area contributed by atoms with Crippen molar-refractivity contribution in [2.75, 3.05) is 24.6 Å². The number of carbonyl (C=O) groups excluding carboxylic acids is 3. The first-order chi connectivity index (χ1) is 11.5. The molecule has 2 amide bonds. The van der Waals surface area contributed by atoms with Crippen molar-refractivity contribution < 1.29 is 19.1 Å². The summed E-state index contributed by atoms with van der Waals surface area (Å²) in [5, 5.41) is 2.89. The van der Waals surface area contributed by atoms with Crippen molar-refractivity contribution in [1.82, 2.24) is 5.32 Å². The fourth-order valence-corrected chi connectivity index (χ4v) is 3.19. The topological polar surface area (TPSA) is 75.7 Å². The molecule has 1 aromatic carbocycles. The van der Waals surface area contributed by atoms with E-state index in [1.54, 1.807) is 29.2 Å². The van der Waals surface area contributed by atoms with Gasteiger partial charge in [-0.15, -0.1) is 0 Å². The van der Waals surface area contributed by atoms with Gasteiger partial charge in [-0.1, -0.05) is 12.1 Å². The zero-order valence-electron chi connectivity index (χ0n) is 13.8. The SMILES string of the molecule is CC(=O)c1cccc(N2CC(C(=O)NCC3CCCO3)CC2=O)c1. The van der Waals surface area contributed by atoms with Gasteiger partial charge in [0.2, 0.25) is 11.8 Å². The van der Waals surface area contributed by atoms with Crippen LogP contribution in [-0.2, 0) is 14.3 Å². The Labute approximate surface area is 141 Å². The Bertz CT molecular complexity index is 652. The first-order valence-corrected chi connectivity index (χ1v) is 8.35. The monoisotopic (exact) mass is 330 g/mol. The number of carbonyl (C=O) groups is 3. The summed E-state index contributed by atoms with van der Waals surface area (Å²) in [4.78, 5) is 37.7. The minimum atomic E-state index is -0.361. The molecule has 6 heteroatoms. The Morgan fingerprint density at radius 1 is 1.38 bits per heavy atom. The molecular weight excluding hydrogens is 308 g/mol. The molecule has 128 valence electrons. The van der Waals surface area contributed by atoms with Crippen LogP contribution in [-0.4, -0.2) is 43.4 Å². The van der Waals surface area contributed by atoms with Gasteiger partial charge in [-0.3, -0.25) is 14.4 Å². The van der Waals surface area contributed by atoms with E-state index in [-0.39, 0.29) is 36.0 Å². The fourth-order valence-electron chi connectivity index (χ4n) is 3.19. The lowest BCUT2D eigenvalue weighted by Gasteiger charge is -2.18. The average Bonchev–Trinajstić information content (AvgIpc) is 3.22. The molecule has 2 heterocycles. The van der Waals surface area contributed by atoms with Gasteiger partial charge >= 0.3 is 0 Å². The van der Waals surface area contributed by atoms with Crippen LogP contribution in [0.3, 0.4) is 0 Å². The van der Waals surface area contributed by atoms with Crippen LogP contribution in [0, 0.1) is 5.92 Å². The first-order valence-electron chi connectivity index (χ1n) is 8.35. The van der Waals surface area contributed by atoms with Gasteiger partial charge in [0, 0.05) is 37.4 Å². The molecular formula is C18H22N2O4. The van der Waals surface area contributed by atoms with Crippen LogP contribution in [0.25, 0.3) is 0 Å². The van der Waals surface area contributed by atoms with E-state index in [0.29, 0.717) is 24.3 Å². The van der Waals surface area contributed by atoms with Gasteiger partial charge in [0.1, 0.15) is 0 Å². The minimum absolute atomic E-state index is 0.0469. The highest BCUT2D eigenvalue weighted by molar-refractivity contribution is 6.02. The zero-order chi connectivity index (χ0) is 17.1. The minimum Gasteiger partial charge on any atom is -0.376 e. The van der Waals surface area contributed by atoms with Crippen LogP contribution in [0.2, 0.25) is 0 Å². The predicted molar refractivity (Wildman–Crippen MR) is 88.9 cm³/mol. The van der Waals surface area contributed by atoms with Crippen LogP contribution in [0.5, 0.6) is 0 Å². The second-order valence-electron chi connectivity index (χ2n) is 6.39. The van der Waals surface area contributed by atoms with Gasteiger partial charge in [-0.2, -0.15) is 0 Å². The molecule has 2 unspecified atom stereocenters. The summed E-state index contributed by atoms with van der Waals surface area (Å²) in [6, 6.07) is 6.96. The second kappa shape index (κ2) is 7.13. The molecule has 0 bridgehead atoms. The number of Topliss-reactive ketones (excluding diaryl/α,β-unsaturated/α-hetero) is 1. The number of ketones is 1. The lowest BCUT2D eigenvalue weighted by atomic mass is 10.1. The maximum atomic E-state index is 12.3. The molecule has 3 rings (SSSR count). The smallest absolute Gasteiger partial charge is 0.227 e. The van der Waals surface area contributed by atoms with E-state index in [9.17, 15) is 14.4 Å². The Morgan fingerprint density at radius 2 is 2.21 bits per heavy atom. The molecule has 2 aliphatic heterocycles. The molecule has 0 radical (unpaired) electrons. The van der Waals surface area contributed by atoms with Crippen LogP contribution >= 0.6 is 0 Å². The number of rotatable bonds is 5. The molecule has 2 fully saturated rings. The summed E-state index contributed by atoms with van der Waals surface area (Å²) in [5.74, 6) is -0.605. The van der Waals surface area contributed by atoms with Gasteiger partial charge in [-0.05, 0) is 31.9 Å². The molecule has 2 aliphatic rings. The molecule has 6 nitrogen and oxygen atoms in total. The number of benzene rings is 1. The maximum absolute atomic E-state index is 12.3. The van der Waals surface area contributed by atoms with Gasteiger partial charge < -0.3 is 15.0 Å². The highest BCUT2D eigenvalue weighted by Gasteiger charge is 2.35. The van der Waals surface area contributed by atoms with Crippen molar-refractivity contribution in [2.45, 2.75) is 32.3 Å². The van der Waals surface area contributed by atoms with Gasteiger partial charge in [0.05, 0.1) is 12.0 Å². The van der Waals surface area contributed by atoms with Crippen LogP contribution in [0.4, 0.5) is 5.69 Å². The summed E-state index contributed by atoms with van der Waals surface area (Å²) < 4.78 is 5.49. The number of ether oxygens (including phenoxy) is 1. The van der Waals surface area contributed by atoms with Crippen molar-refractivity contribution in [1.29, 1.82) is 0 Å². The molecule has 1 N–H and O–H groups in total. The fraction of sp³-hybridized carbons (Fsp3) is 0.500. The molecule has 2 atom stereocenters. The van der Waals surface area contributed by atoms with Crippen molar-refractivity contribution in [3.63, 3.8) is 0 Å². The number of anilines is 1. The van der Waals surface area contributed by atoms with Gasteiger partial charge in [0.15, 0.2) is 5.78 Å². The second-order valence-corrected chi connectivity index (χ2v) is 6.39. The zero-order valence-corrected chi connectivity index (χ0v) is 13.8. The summed E-state index contributed by atoms with van der Waals surface area (Å²) in [5.41, 5.74) is 1.23. The van der Waals surface area contributed by atoms with E-state index in [4.69, 9.17) is 4.74 Å². The summed E-state index contributed by atoms with van der Waals surface area (Å²) in [6.45, 7) is 3.09. The van der Waals surface area contributed by atoms with Crippen molar-refractivity contribution in [2.24, 2.45) is 5.92 Å². The quantitative estimate of drug-likeness (QED) is 0.831. The van der Waals surface area contributed by atoms with Crippen LogP contribution in [0.15, 0.2) is 24.3 Å². The average molecular weight is 330 g/mol. The first kappa shape index (κ1) is 16.6. The third kappa shape index (κ3) is 3.64. The lowest BCUT2D eigenvalue weighted by Crippen LogP contribution is -2.37. The Kier molecular flexibility index (Phi) is 4.94. The molecule has 24 heavy (non-hydrogen) atoms. The summed E-state index contributed by atoms with van der Waals surface area (Å²) in [7, 11) is 0. The molecule has 2 saturated heterocycles. The van der Waals surface area contributed by atoms with E-state index in [1.807, 2.05) is 0 Å². The Morgan fingerprint density at radius 3 is 2.92 bits per heavy atom. The van der Waals surface area contributed by atoms with Crippen LogP contribution in [0.1, 0.15) is 36.5 Å². The molecule has 1 aromatic rings. The number of amides is 2. The van der Waals surface area contributed by atoms with Crippen molar-refractivity contribution in [3.05, 3.63) is 29.8 Å². The van der Waals surface area contributed by atoms with Gasteiger partial charge in [-0.25, -0.2) is 0 Å². The molecule has 0 aliphatic carbocycles. The Hall–Kier alpha value is -2.21. The van der Waals surface area contributed by atoms with E-state index in [0.717, 1.165) is 19.4 Å². The maximum Gasteiger partial charge on any atom is 0.227 e. The molecule has 0 aromatic heterocycles. The third-order valence-corrected chi connectivity index (χ3v) is 4.59. The lowest BCUT2D eigenvalue weighted by molar-refractivity contribution is -0.126. The van der Waals surface area contributed by atoms with Crippen molar-refractivity contribution in [3.8, 4) is 0 Å². The summed E-state index contributed by atoms with van der Waals surface area (Å²) in [6.07, 6.45) is 2.28. The highest BCUT2D eigenvalue weighted by Crippen LogP contribution is 2.26. The largest absolute Gasteiger partial charge is 0.376 e. The van der Waals surface area contributed by atoms with E-state index < -0.39 is 0 Å². The summed E-state index contributed by atoms with van der Waals surface area (Å²) >= 11 is 0. The number of nitrogens with one attached hydrogen (secondary N) is 1. The highest BCUT2D eigenvalue weighted by atomic mass is 16.5. The molecule has 0 spiro atoms. The van der Waals surface area contributed by atoms with Crippen LogP contribution < -0.4 is 10.2 Å². The van der Waals surface area contributed by atoms with E-state index >= 15 is 0 Å². The number of nitrogens with zero attached hydrogens (tertiary/aromatic N) is 1. The Balaban J connectivity index is 1.61. The van der Waals surface area contributed by atoms with E-state index in [2.05, 4.69) is 5.32 Å². The van der Waals surface area contributed by atoms with Crippen molar-refractivity contribution >= 4 is 23.3 Å². The number of hydrogen-bond donors (Lipinski definition) is 1. The standard InChI is InChI=1S/C18H22N2O4/c1-12(21)13-4-2-5-15(8-13)20-11-14(9-17(20)22)18(23)19-10-16-6-3-7-24-16/h2,4-5,8,14,16H,3,6-7,9-11H2,1H3,(H,19,23). The third-order valence-electron chi connectivity index (χ3n) is 4.59. The normalized spacial score (nSPS) is 23.5. The molecule has 0 saturated carbocycles. The van der Waals surface area contributed by atoms with E-state index in [1.165, 1.54) is 6.92 Å².